The van der Waals surface area contributed by atoms with Crippen LogP contribution in [0.5, 0.6) is 0 Å². The first-order valence-corrected chi connectivity index (χ1v) is 9.39. The summed E-state index contributed by atoms with van der Waals surface area (Å²) in [7, 11) is -4.10. The van der Waals surface area contributed by atoms with Gasteiger partial charge in [0.2, 0.25) is 0 Å². The van der Waals surface area contributed by atoms with Crippen molar-refractivity contribution in [2.45, 2.75) is 18.2 Å². The molecular weight excluding hydrogens is 407 g/mol. The van der Waals surface area contributed by atoms with Gasteiger partial charge in [0.25, 0.3) is 10.0 Å². The van der Waals surface area contributed by atoms with Gasteiger partial charge in [-0.05, 0) is 19.1 Å². The Morgan fingerprint density at radius 2 is 1.87 bits per heavy atom. The Hall–Kier alpha value is -1.06. The van der Waals surface area contributed by atoms with E-state index in [4.69, 9.17) is 39.9 Å². The molecule has 2 N–H and O–H groups in total. The van der Waals surface area contributed by atoms with Crippen molar-refractivity contribution in [3.05, 3.63) is 37.8 Å². The lowest BCUT2D eigenvalue weighted by Crippen LogP contribution is -2.14. The summed E-state index contributed by atoms with van der Waals surface area (Å²) < 4.78 is 27.1. The van der Waals surface area contributed by atoms with Crippen molar-refractivity contribution < 1.29 is 18.3 Å². The summed E-state index contributed by atoms with van der Waals surface area (Å²) in [4.78, 5) is 15.0. The minimum absolute atomic E-state index is 0.0285. The number of halogens is 3. The van der Waals surface area contributed by atoms with Crippen LogP contribution in [-0.2, 0) is 21.2 Å². The Bertz CT molecular complexity index is 857. The standard InChI is InChI=1S/C12H9Cl3N2O4S2/c1-5-9(4-10(18)19)16-12(22-5)17-23(20,21)11-7(14)2-6(13)3-8(11)15/h2-3H,4H2,1H3,(H,16,17)(H,18,19). The number of hydrogen-bond donors (Lipinski definition) is 2. The number of nitrogens with zero attached hydrogens (tertiary/aromatic N) is 1. The van der Waals surface area contributed by atoms with Crippen molar-refractivity contribution in [3.63, 3.8) is 0 Å². The lowest BCUT2D eigenvalue weighted by molar-refractivity contribution is -0.136. The number of hydrogen-bond acceptors (Lipinski definition) is 5. The number of carboxylic acids is 1. The van der Waals surface area contributed by atoms with Gasteiger partial charge in [0, 0.05) is 9.90 Å². The fourth-order valence-corrected chi connectivity index (χ4v) is 5.34. The molecule has 0 bridgehead atoms. The molecule has 2 rings (SSSR count). The van der Waals surface area contributed by atoms with Crippen LogP contribution in [-0.4, -0.2) is 24.5 Å². The summed E-state index contributed by atoms with van der Waals surface area (Å²) >= 11 is 18.6. The van der Waals surface area contributed by atoms with Gasteiger partial charge >= 0.3 is 5.97 Å². The summed E-state index contributed by atoms with van der Waals surface area (Å²) in [6.07, 6.45) is -0.299. The monoisotopic (exact) mass is 414 g/mol. The zero-order chi connectivity index (χ0) is 17.4. The van der Waals surface area contributed by atoms with Gasteiger partial charge in [0.15, 0.2) is 5.13 Å². The number of carboxylic acid groups (broad SMARTS) is 1. The van der Waals surface area contributed by atoms with Gasteiger partial charge in [0.05, 0.1) is 22.2 Å². The molecule has 0 unspecified atom stereocenters. The second-order valence-corrected chi connectivity index (χ2v) is 8.47. The number of thiazole rings is 1. The van der Waals surface area contributed by atoms with Crippen molar-refractivity contribution in [2.75, 3.05) is 4.72 Å². The Kier molecular flexibility index (Phi) is 5.42. The number of aromatic nitrogens is 1. The number of nitrogens with one attached hydrogen (secondary N) is 1. The zero-order valence-corrected chi connectivity index (χ0v) is 15.3. The highest BCUT2D eigenvalue weighted by atomic mass is 35.5. The van der Waals surface area contributed by atoms with Gasteiger partial charge in [-0.1, -0.05) is 34.8 Å². The molecule has 2 aromatic rings. The van der Waals surface area contributed by atoms with Crippen LogP contribution in [0.4, 0.5) is 5.13 Å². The molecule has 1 aromatic carbocycles. The molecule has 6 nitrogen and oxygen atoms in total. The van der Waals surface area contributed by atoms with Crippen molar-refractivity contribution >= 4 is 67.3 Å². The van der Waals surface area contributed by atoms with Crippen LogP contribution in [0.15, 0.2) is 17.0 Å². The summed E-state index contributed by atoms with van der Waals surface area (Å²) in [6.45, 7) is 1.65. The normalized spacial score (nSPS) is 11.5. The van der Waals surface area contributed by atoms with Crippen molar-refractivity contribution in [3.8, 4) is 0 Å². The topological polar surface area (TPSA) is 96.4 Å². The van der Waals surface area contributed by atoms with Crippen LogP contribution in [0.25, 0.3) is 0 Å². The Labute approximate surface area is 151 Å². The number of rotatable bonds is 5. The van der Waals surface area contributed by atoms with E-state index in [1.165, 1.54) is 12.1 Å². The molecule has 0 fully saturated rings. The number of aryl methyl sites for hydroxylation is 1. The number of anilines is 1. The molecule has 0 aliphatic rings. The maximum absolute atomic E-state index is 12.4. The van der Waals surface area contributed by atoms with E-state index < -0.39 is 16.0 Å². The van der Waals surface area contributed by atoms with E-state index in [0.717, 1.165) is 11.3 Å². The van der Waals surface area contributed by atoms with Crippen molar-refractivity contribution in [1.82, 2.24) is 4.98 Å². The first-order chi connectivity index (χ1) is 10.6. The smallest absolute Gasteiger partial charge is 0.309 e. The zero-order valence-electron chi connectivity index (χ0n) is 11.4. The van der Waals surface area contributed by atoms with Crippen LogP contribution < -0.4 is 4.72 Å². The predicted octanol–water partition coefficient (Wildman–Crippen LogP) is 3.84. The van der Waals surface area contributed by atoms with E-state index in [2.05, 4.69) is 9.71 Å². The van der Waals surface area contributed by atoms with E-state index in [1.54, 1.807) is 6.92 Å². The molecule has 0 aliphatic carbocycles. The molecule has 1 heterocycles. The van der Waals surface area contributed by atoms with Gasteiger partial charge in [-0.25, -0.2) is 13.4 Å². The lowest BCUT2D eigenvalue weighted by atomic mass is 10.3. The molecule has 0 saturated carbocycles. The first kappa shape index (κ1) is 18.3. The number of sulfonamides is 1. The Morgan fingerprint density at radius 3 is 2.39 bits per heavy atom. The van der Waals surface area contributed by atoms with Crippen LogP contribution in [0.1, 0.15) is 10.6 Å². The third kappa shape index (κ3) is 4.27. The molecule has 0 aliphatic heterocycles. The second-order valence-electron chi connectivity index (χ2n) is 4.40. The van der Waals surface area contributed by atoms with Gasteiger partial charge in [-0.3, -0.25) is 9.52 Å². The molecule has 1 aromatic heterocycles. The van der Waals surface area contributed by atoms with Gasteiger partial charge < -0.3 is 5.11 Å². The van der Waals surface area contributed by atoms with Crippen LogP contribution in [0, 0.1) is 6.92 Å². The second kappa shape index (κ2) is 6.82. The largest absolute Gasteiger partial charge is 0.481 e. The summed E-state index contributed by atoms with van der Waals surface area (Å²) in [6, 6.07) is 2.51. The highest BCUT2D eigenvalue weighted by Gasteiger charge is 2.24. The molecule has 0 radical (unpaired) electrons. The van der Waals surface area contributed by atoms with Gasteiger partial charge in [0.1, 0.15) is 4.90 Å². The lowest BCUT2D eigenvalue weighted by Gasteiger charge is -2.09. The molecule has 0 spiro atoms. The molecule has 0 saturated heterocycles. The summed E-state index contributed by atoms with van der Waals surface area (Å²) in [5.74, 6) is -1.06. The third-order valence-corrected chi connectivity index (χ3v) is 6.20. The van der Waals surface area contributed by atoms with E-state index >= 15 is 0 Å². The Balaban J connectivity index is 2.38. The molecule has 124 valence electrons. The van der Waals surface area contributed by atoms with E-state index in [0.29, 0.717) is 4.88 Å². The highest BCUT2D eigenvalue weighted by Crippen LogP contribution is 2.34. The fourth-order valence-electron chi connectivity index (χ4n) is 1.73. The number of benzene rings is 1. The van der Waals surface area contributed by atoms with Gasteiger partial charge in [-0.2, -0.15) is 0 Å². The summed E-state index contributed by atoms with van der Waals surface area (Å²) in [5, 5.41) is 8.76. The van der Waals surface area contributed by atoms with Gasteiger partial charge in [-0.15, -0.1) is 11.3 Å². The predicted molar refractivity (Wildman–Crippen MR) is 90.5 cm³/mol. The maximum Gasteiger partial charge on any atom is 0.309 e. The van der Waals surface area contributed by atoms with Crippen LogP contribution in [0.2, 0.25) is 15.1 Å². The Morgan fingerprint density at radius 1 is 1.30 bits per heavy atom. The molecule has 0 amide bonds. The minimum atomic E-state index is -4.10. The fraction of sp³-hybridized carbons (Fsp3) is 0.167. The maximum atomic E-state index is 12.4. The average Bonchev–Trinajstić information content (AvgIpc) is 2.65. The van der Waals surface area contributed by atoms with Crippen LogP contribution in [0.3, 0.4) is 0 Å². The number of aliphatic carboxylic acids is 1. The van der Waals surface area contributed by atoms with Crippen LogP contribution >= 0.6 is 46.1 Å². The third-order valence-electron chi connectivity index (χ3n) is 2.66. The first-order valence-electron chi connectivity index (χ1n) is 5.95. The average molecular weight is 416 g/mol. The molecular formula is C12H9Cl3N2O4S2. The SMILES string of the molecule is Cc1sc(NS(=O)(=O)c2c(Cl)cc(Cl)cc2Cl)nc1CC(=O)O. The molecule has 0 atom stereocenters. The van der Waals surface area contributed by atoms with E-state index in [1.807, 2.05) is 0 Å². The highest BCUT2D eigenvalue weighted by molar-refractivity contribution is 7.93. The van der Waals surface area contributed by atoms with E-state index in [-0.39, 0.29) is 37.2 Å². The molecule has 11 heteroatoms. The summed E-state index contributed by atoms with van der Waals surface area (Å²) in [5.41, 5.74) is 0.286. The van der Waals surface area contributed by atoms with E-state index in [9.17, 15) is 13.2 Å². The van der Waals surface area contributed by atoms with Crippen molar-refractivity contribution in [2.24, 2.45) is 0 Å². The van der Waals surface area contributed by atoms with Crippen molar-refractivity contribution in [1.29, 1.82) is 0 Å². The number of carbonyl (C=O) groups is 1. The molecule has 23 heavy (non-hydrogen) atoms. The quantitative estimate of drug-likeness (QED) is 0.773. The minimum Gasteiger partial charge on any atom is -0.481 e.